The highest BCUT2D eigenvalue weighted by Gasteiger charge is 2.30. The lowest BCUT2D eigenvalue weighted by Crippen LogP contribution is -2.07. The van der Waals surface area contributed by atoms with Crippen molar-refractivity contribution < 1.29 is 0 Å². The van der Waals surface area contributed by atoms with Gasteiger partial charge >= 0.3 is 0 Å². The highest BCUT2D eigenvalue weighted by molar-refractivity contribution is 5.63. The zero-order valence-electron chi connectivity index (χ0n) is 13.1. The number of benzene rings is 3. The summed E-state index contributed by atoms with van der Waals surface area (Å²) in [6, 6.07) is 30.1. The van der Waals surface area contributed by atoms with Gasteiger partial charge in [0.1, 0.15) is 0 Å². The molecule has 1 fully saturated rings. The molecule has 4 rings (SSSR count). The van der Waals surface area contributed by atoms with E-state index >= 15 is 0 Å². The minimum absolute atomic E-state index is 0.980. The molecule has 0 bridgehead atoms. The molecule has 0 radical (unpaired) electrons. The molecule has 2 atom stereocenters. The molecule has 3 aromatic carbocycles. The van der Waals surface area contributed by atoms with E-state index in [0.717, 1.165) is 19.8 Å². The highest BCUT2D eigenvalue weighted by Crippen LogP contribution is 2.25. The summed E-state index contributed by atoms with van der Waals surface area (Å²) in [7, 11) is 0. The third-order valence-electron chi connectivity index (χ3n) is 4.25. The first kappa shape index (κ1) is 14.2. The minimum atomic E-state index is 0.980. The largest absolute Gasteiger partial charge is 0.220 e. The molecular weight excluding hydrogens is 280 g/mol. The van der Waals surface area contributed by atoms with Crippen LogP contribution in [-0.2, 0) is 13.1 Å². The van der Waals surface area contributed by atoms with E-state index in [-0.39, 0.29) is 0 Å². The third-order valence-corrected chi connectivity index (χ3v) is 4.25. The average molecular weight is 300 g/mol. The van der Waals surface area contributed by atoms with Gasteiger partial charge in [-0.25, -0.2) is 10.0 Å². The van der Waals surface area contributed by atoms with E-state index in [0.29, 0.717) is 0 Å². The summed E-state index contributed by atoms with van der Waals surface area (Å²) in [4.78, 5) is 0. The van der Waals surface area contributed by atoms with Crippen LogP contribution in [0.25, 0.3) is 11.1 Å². The van der Waals surface area contributed by atoms with Gasteiger partial charge in [-0.05, 0) is 28.3 Å². The second-order valence-corrected chi connectivity index (χ2v) is 6.02. The molecule has 1 heterocycles. The Morgan fingerprint density at radius 3 is 1.87 bits per heavy atom. The third kappa shape index (κ3) is 3.50. The van der Waals surface area contributed by atoms with Crippen molar-refractivity contribution in [1.82, 2.24) is 10.0 Å². The topological polar surface area (TPSA) is 6.02 Å². The maximum atomic E-state index is 2.39. The molecule has 1 saturated heterocycles. The summed E-state index contributed by atoms with van der Waals surface area (Å²) in [5.41, 5.74) is 5.30. The second-order valence-electron chi connectivity index (χ2n) is 6.02. The minimum Gasteiger partial charge on any atom is -0.220 e. The first-order valence-corrected chi connectivity index (χ1v) is 8.06. The lowest BCUT2D eigenvalue weighted by Gasteiger charge is -2.08. The first-order chi connectivity index (χ1) is 11.4. The Morgan fingerprint density at radius 2 is 1.13 bits per heavy atom. The Hall–Kier alpha value is -2.42. The highest BCUT2D eigenvalue weighted by atomic mass is 15.8. The Labute approximate surface area is 137 Å². The molecule has 1 aliphatic rings. The van der Waals surface area contributed by atoms with Crippen LogP contribution in [0.2, 0.25) is 0 Å². The average Bonchev–Trinajstić information content (AvgIpc) is 3.34. The lowest BCUT2D eigenvalue weighted by molar-refractivity contribution is 0.293. The molecule has 114 valence electrons. The number of rotatable bonds is 5. The first-order valence-electron chi connectivity index (χ1n) is 8.06. The van der Waals surface area contributed by atoms with Gasteiger partial charge in [0.05, 0.1) is 6.67 Å². The Balaban J connectivity index is 1.41. The molecule has 23 heavy (non-hydrogen) atoms. The standard InChI is InChI=1S/C21H20N2/c1-3-8-18(9-4-1)15-22-17-23(22)16-19-10-7-13-21(14-19)20-11-5-2-6-12-20/h1-14H,15-17H2/t22-,23+/m0/s1. The molecule has 0 aliphatic carbocycles. The fourth-order valence-corrected chi connectivity index (χ4v) is 2.94. The van der Waals surface area contributed by atoms with Gasteiger partial charge in [-0.3, -0.25) is 0 Å². The summed E-state index contributed by atoms with van der Waals surface area (Å²) in [6.45, 7) is 3.02. The molecule has 3 aromatic rings. The van der Waals surface area contributed by atoms with E-state index in [4.69, 9.17) is 0 Å². The fraction of sp³-hybridized carbons (Fsp3) is 0.143. The van der Waals surface area contributed by atoms with Gasteiger partial charge in [-0.2, -0.15) is 0 Å². The van der Waals surface area contributed by atoms with E-state index in [1.54, 1.807) is 0 Å². The van der Waals surface area contributed by atoms with Gasteiger partial charge in [0.2, 0.25) is 0 Å². The van der Waals surface area contributed by atoms with Crippen molar-refractivity contribution >= 4 is 0 Å². The summed E-state index contributed by atoms with van der Waals surface area (Å²) in [6.07, 6.45) is 0. The van der Waals surface area contributed by atoms with Crippen LogP contribution in [0.15, 0.2) is 84.9 Å². The molecular formula is C21H20N2. The molecule has 2 nitrogen and oxygen atoms in total. The fourth-order valence-electron chi connectivity index (χ4n) is 2.94. The van der Waals surface area contributed by atoms with Crippen molar-refractivity contribution in [3.63, 3.8) is 0 Å². The van der Waals surface area contributed by atoms with Crippen molar-refractivity contribution in [1.29, 1.82) is 0 Å². The van der Waals surface area contributed by atoms with E-state index in [1.807, 2.05) is 0 Å². The van der Waals surface area contributed by atoms with E-state index in [2.05, 4.69) is 94.9 Å². The van der Waals surface area contributed by atoms with Gasteiger partial charge in [0.25, 0.3) is 0 Å². The van der Waals surface area contributed by atoms with Crippen LogP contribution < -0.4 is 0 Å². The maximum absolute atomic E-state index is 2.39. The van der Waals surface area contributed by atoms with Crippen LogP contribution in [0.3, 0.4) is 0 Å². The van der Waals surface area contributed by atoms with Crippen molar-refractivity contribution in [2.24, 2.45) is 0 Å². The zero-order valence-corrected chi connectivity index (χ0v) is 13.1. The van der Waals surface area contributed by atoms with E-state index in [1.165, 1.54) is 22.3 Å². The number of hydrogen-bond donors (Lipinski definition) is 0. The number of nitrogens with zero attached hydrogens (tertiary/aromatic N) is 2. The smallest absolute Gasteiger partial charge is 0.0795 e. The van der Waals surface area contributed by atoms with Gasteiger partial charge in [-0.1, -0.05) is 78.9 Å². The Morgan fingerprint density at radius 1 is 0.565 bits per heavy atom. The SMILES string of the molecule is c1ccc(C[N@@]2C[N@@]2Cc2cccc(-c3ccccc3)c2)cc1. The van der Waals surface area contributed by atoms with Gasteiger partial charge in [-0.15, -0.1) is 0 Å². The second kappa shape index (κ2) is 6.37. The molecule has 0 spiro atoms. The Bertz CT molecular complexity index is 768. The predicted molar refractivity (Wildman–Crippen MR) is 94.3 cm³/mol. The molecule has 0 unspecified atom stereocenters. The van der Waals surface area contributed by atoms with Crippen LogP contribution in [0, 0.1) is 0 Å². The van der Waals surface area contributed by atoms with Crippen LogP contribution in [0.4, 0.5) is 0 Å². The van der Waals surface area contributed by atoms with Crippen molar-refractivity contribution in [3.05, 3.63) is 96.1 Å². The summed E-state index contributed by atoms with van der Waals surface area (Å²) in [5.74, 6) is 0. The predicted octanol–water partition coefficient (Wildman–Crippen LogP) is 4.54. The lowest BCUT2D eigenvalue weighted by atomic mass is 10.0. The maximum Gasteiger partial charge on any atom is 0.0795 e. The van der Waals surface area contributed by atoms with Crippen LogP contribution in [0.1, 0.15) is 11.1 Å². The molecule has 0 saturated carbocycles. The van der Waals surface area contributed by atoms with Crippen LogP contribution >= 0.6 is 0 Å². The van der Waals surface area contributed by atoms with Crippen LogP contribution in [0.5, 0.6) is 0 Å². The van der Waals surface area contributed by atoms with Crippen molar-refractivity contribution in [3.8, 4) is 11.1 Å². The number of hydrogen-bond acceptors (Lipinski definition) is 2. The van der Waals surface area contributed by atoms with Gasteiger partial charge in [0.15, 0.2) is 0 Å². The molecule has 2 heteroatoms. The van der Waals surface area contributed by atoms with Gasteiger partial charge in [0, 0.05) is 13.1 Å². The summed E-state index contributed by atoms with van der Waals surface area (Å²) < 4.78 is 0. The molecule has 1 aliphatic heterocycles. The molecule has 0 amide bonds. The normalized spacial score (nSPS) is 19.5. The van der Waals surface area contributed by atoms with Gasteiger partial charge < -0.3 is 0 Å². The van der Waals surface area contributed by atoms with Crippen molar-refractivity contribution in [2.75, 3.05) is 6.67 Å². The molecule has 0 aromatic heterocycles. The summed E-state index contributed by atoms with van der Waals surface area (Å²) in [5, 5.41) is 4.77. The number of hydrazine groups is 1. The van der Waals surface area contributed by atoms with E-state index < -0.39 is 0 Å². The van der Waals surface area contributed by atoms with Crippen molar-refractivity contribution in [2.45, 2.75) is 13.1 Å². The van der Waals surface area contributed by atoms with E-state index in [9.17, 15) is 0 Å². The summed E-state index contributed by atoms with van der Waals surface area (Å²) >= 11 is 0. The van der Waals surface area contributed by atoms with Crippen LogP contribution in [-0.4, -0.2) is 16.7 Å². The Kier molecular flexibility index (Phi) is 3.93. The monoisotopic (exact) mass is 300 g/mol. The zero-order chi connectivity index (χ0) is 15.5. The molecule has 0 N–H and O–H groups in total. The quantitative estimate of drug-likeness (QED) is 0.638.